The molecule has 30 aliphatic rings. The molecule has 103 heavy (non-hydrogen) atoms. The summed E-state index contributed by atoms with van der Waals surface area (Å²) >= 11 is 0. The molecule has 40 atom stereocenters. The van der Waals surface area contributed by atoms with Crippen LogP contribution in [-0.4, -0.2) is 422 Å². The summed E-state index contributed by atoms with van der Waals surface area (Å²) in [6.45, 7) is -8.61. The Kier molecular flexibility index (Phi) is 27.3. The van der Waals surface area contributed by atoms with Gasteiger partial charge in [-0.1, -0.05) is 54.6 Å². The van der Waals surface area contributed by atoms with Crippen LogP contribution in [0.5, 0.6) is 0 Å². The van der Waals surface area contributed by atoms with Crippen LogP contribution in [-0.2, 0) is 91.7 Å². The fraction of sp³-hybridized carbons (Fsp3) is 0.790. The zero-order valence-corrected chi connectivity index (χ0v) is 54.3. The highest BCUT2D eigenvalue weighted by Gasteiger charge is 2.60. The van der Waals surface area contributed by atoms with E-state index in [9.17, 15) is 122 Å². The highest BCUT2D eigenvalue weighted by molar-refractivity contribution is 5.73. The molecule has 0 saturated carbocycles. The smallest absolute Gasteiger partial charge is 0.310 e. The van der Waals surface area contributed by atoms with E-state index in [1.165, 1.54) is 0 Å². The lowest BCUT2D eigenvalue weighted by atomic mass is 9.94. The Bertz CT molecular complexity index is 2940. The molecule has 16 bridgehead atoms. The minimum Gasteiger partial charge on any atom is -0.463 e. The number of ether oxygens (including phenoxy) is 17. The van der Waals surface area contributed by atoms with Gasteiger partial charge in [-0.3, -0.25) is 4.79 Å². The van der Waals surface area contributed by atoms with Crippen LogP contribution in [0.25, 0.3) is 11.1 Å². The summed E-state index contributed by atoms with van der Waals surface area (Å²) in [5.74, 6) is -0.907. The van der Waals surface area contributed by atoms with Crippen molar-refractivity contribution in [3.8, 4) is 11.1 Å². The number of hydrogen-bond acceptors (Lipinski definition) is 41. The second kappa shape index (κ2) is 34.9. The molecular weight excluding hydrogens is 1400 g/mol. The first kappa shape index (κ1) is 80.4. The summed E-state index contributed by atoms with van der Waals surface area (Å²) < 4.78 is 98.5. The van der Waals surface area contributed by atoms with E-state index in [1.807, 2.05) is 30.3 Å². The average Bonchev–Trinajstić information content (AvgIpc) is 0.775. The topological polar surface area (TPSA) is 639 Å². The van der Waals surface area contributed by atoms with E-state index in [0.29, 0.717) is 5.56 Å². The average molecular weight is 1490 g/mol. The number of carbonyl (C=O) groups is 1. The van der Waals surface area contributed by atoms with Crippen LogP contribution in [0.15, 0.2) is 54.6 Å². The van der Waals surface area contributed by atoms with E-state index in [0.717, 1.165) is 11.1 Å². The predicted molar refractivity (Wildman–Crippen MR) is 321 cm³/mol. The predicted octanol–water partition coefficient (Wildman–Crippen LogP) is -13.9. The third kappa shape index (κ3) is 16.8. The quantitative estimate of drug-likeness (QED) is 0.0878. The Hall–Kier alpha value is -3.65. The van der Waals surface area contributed by atoms with E-state index in [2.05, 4.69) is 0 Å². The molecule has 32 rings (SSSR count). The van der Waals surface area contributed by atoms with Gasteiger partial charge in [-0.25, -0.2) is 0 Å². The van der Waals surface area contributed by atoms with Crippen LogP contribution < -0.4 is 0 Å². The Morgan fingerprint density at radius 1 is 0.252 bits per heavy atom. The second-order valence-corrected chi connectivity index (χ2v) is 26.2. The largest absolute Gasteiger partial charge is 0.463 e. The molecule has 0 radical (unpaired) electrons. The third-order valence-corrected chi connectivity index (χ3v) is 19.5. The van der Waals surface area contributed by atoms with Gasteiger partial charge in [-0.2, -0.15) is 0 Å². The van der Waals surface area contributed by atoms with Crippen molar-refractivity contribution in [1.82, 2.24) is 0 Å². The van der Waals surface area contributed by atoms with Crippen LogP contribution in [0.4, 0.5) is 0 Å². The van der Waals surface area contributed by atoms with Gasteiger partial charge in [-0.15, -0.1) is 0 Å². The molecule has 0 spiro atoms. The van der Waals surface area contributed by atoms with Gasteiger partial charge in [0.2, 0.25) is 0 Å². The monoisotopic (exact) mass is 1490 g/mol. The standard InChI is InChI=1S/C62H90O41/c63-11-22-47-31(71)39(79)55(88-22)97-48-23(12-64)90-57(41(81)33(48)73)99-50-25(14-66)92-59(43(83)35(50)75)101-52-27(16-68)94-61(45(85)37(52)77)103-54-29(18-87-30(70)10-19-6-8-21(9-7-19)20-4-2-1-3-5-20)95-62(46(86)38(54)78)102-53-28(17-69)93-60(44(84)36(53)76)100-51-26(15-67)91-58(42(82)34(51)74)98-49-24(13-65)89-56(96-47)40(80)32(49)72/h1-9,22-29,31-69,71-86H,10-18H2/t22-,23-,24-,25-,26-,27-,28-,29-,31-,32-,33-,34-,35-,36-,37-,38-,39-,40-,41-,42-,43-,44-,45-,46-,47-,48-,49-,50-,51-,52-,53-,54-,55-,56-,57-,58-,59-,60-,61-,62-/m1/s1. The van der Waals surface area contributed by atoms with Crippen molar-refractivity contribution in [2.24, 2.45) is 0 Å². The number of esters is 1. The molecule has 2 aromatic rings. The summed E-state index contributed by atoms with van der Waals surface area (Å²) in [4.78, 5) is 13.6. The highest BCUT2D eigenvalue weighted by atomic mass is 16.8. The lowest BCUT2D eigenvalue weighted by molar-refractivity contribution is -0.404. The van der Waals surface area contributed by atoms with Crippen LogP contribution in [0.1, 0.15) is 5.56 Å². The van der Waals surface area contributed by atoms with Crippen molar-refractivity contribution in [3.63, 3.8) is 0 Å². The number of aliphatic hydroxyl groups is 23. The lowest BCUT2D eigenvalue weighted by Gasteiger charge is -2.50. The fourth-order valence-electron chi connectivity index (χ4n) is 13.7. The van der Waals surface area contributed by atoms with Crippen molar-refractivity contribution in [3.05, 3.63) is 60.2 Å². The highest BCUT2D eigenvalue weighted by Crippen LogP contribution is 2.40. The van der Waals surface area contributed by atoms with Gasteiger partial charge in [0.1, 0.15) is 202 Å². The maximum absolute atomic E-state index is 13.6. The molecule has 41 heteroatoms. The van der Waals surface area contributed by atoms with Crippen LogP contribution in [0, 0.1) is 0 Å². The van der Waals surface area contributed by atoms with E-state index in [4.69, 9.17) is 80.5 Å². The van der Waals surface area contributed by atoms with Crippen molar-refractivity contribution in [2.75, 3.05) is 52.9 Å². The van der Waals surface area contributed by atoms with E-state index in [1.54, 1.807) is 24.3 Å². The molecule has 23 N–H and O–H groups in total. The zero-order valence-electron chi connectivity index (χ0n) is 54.3. The Morgan fingerprint density at radius 2 is 0.447 bits per heavy atom. The maximum atomic E-state index is 13.6. The van der Waals surface area contributed by atoms with E-state index >= 15 is 0 Å². The summed E-state index contributed by atoms with van der Waals surface area (Å²) in [6.07, 6.45) is -83.9. The van der Waals surface area contributed by atoms with Crippen molar-refractivity contribution in [1.29, 1.82) is 0 Å². The van der Waals surface area contributed by atoms with Gasteiger partial charge in [-0.05, 0) is 16.7 Å². The molecular formula is C62H90O41. The molecule has 584 valence electrons. The summed E-state index contributed by atoms with van der Waals surface area (Å²) in [6, 6.07) is 16.1. The fourth-order valence-corrected chi connectivity index (χ4v) is 13.7. The van der Waals surface area contributed by atoms with E-state index in [-0.39, 0.29) is 6.42 Å². The second-order valence-electron chi connectivity index (χ2n) is 26.2. The molecule has 30 heterocycles. The Morgan fingerprint density at radius 3 is 0.660 bits per heavy atom. The molecule has 0 aliphatic carbocycles. The van der Waals surface area contributed by atoms with Crippen molar-refractivity contribution >= 4 is 5.97 Å². The lowest BCUT2D eigenvalue weighted by Crippen LogP contribution is -2.69. The van der Waals surface area contributed by atoms with Crippen molar-refractivity contribution in [2.45, 2.75) is 252 Å². The molecule has 30 saturated heterocycles. The van der Waals surface area contributed by atoms with Crippen LogP contribution in [0.2, 0.25) is 0 Å². The molecule has 0 amide bonds. The number of aliphatic hydroxyl groups excluding tert-OH is 23. The first-order valence-corrected chi connectivity index (χ1v) is 33.2. The zero-order chi connectivity index (χ0) is 74.2. The Balaban J connectivity index is 0.863. The SMILES string of the molecule is O=C(Cc1ccc(-c2ccccc2)cc1)OC[C@H]1O[C@@H]2O[C@H]3[C@H](O)[C@@H](O)[C@@H](O[C@H]4[C@H](O)[C@@H](O)[C@@H](O[C@H]5[C@H](O)[C@@H](O)[C@@H](O[C@H]6[C@H](O)[C@@H](O)[C@@H](O[C@H]7[C@H](O)[C@@H](O)[C@@H](O[C@H]8[C@H](O)[C@@H](O)[C@@H](O[C@H]9[C@H](O)[C@@H](O)[C@@H](O[C@H]1[C@H](O)[C@H]2O)O[C@@H]9CO)O[C@@H]8CO)O[C@@H]7CO)O[C@@H]6CO)O[C@@H]5CO)O[C@@H]4CO)O[C@@H]3CO. The van der Waals surface area contributed by atoms with Gasteiger partial charge >= 0.3 is 5.97 Å². The minimum absolute atomic E-state index is 0.360. The van der Waals surface area contributed by atoms with Gasteiger partial charge in [0.05, 0.1) is 52.7 Å². The third-order valence-electron chi connectivity index (χ3n) is 19.5. The van der Waals surface area contributed by atoms with Crippen LogP contribution in [0.3, 0.4) is 0 Å². The van der Waals surface area contributed by atoms with Gasteiger partial charge in [0, 0.05) is 0 Å². The van der Waals surface area contributed by atoms with Crippen LogP contribution >= 0.6 is 0 Å². The van der Waals surface area contributed by atoms with Crippen molar-refractivity contribution < 1.29 is 203 Å². The van der Waals surface area contributed by atoms with Gasteiger partial charge in [0.25, 0.3) is 0 Å². The molecule has 2 aromatic carbocycles. The first-order valence-electron chi connectivity index (χ1n) is 33.2. The van der Waals surface area contributed by atoms with E-state index < -0.39 is 304 Å². The van der Waals surface area contributed by atoms with Gasteiger partial charge < -0.3 is 198 Å². The normalized spacial score (nSPS) is 48.9. The number of benzene rings is 2. The molecule has 30 aliphatic heterocycles. The number of rotatable bonds is 12. The van der Waals surface area contributed by atoms with Gasteiger partial charge in [0.15, 0.2) is 50.3 Å². The summed E-state index contributed by atoms with van der Waals surface area (Å²) in [7, 11) is 0. The molecule has 0 aromatic heterocycles. The Labute approximate surface area is 583 Å². The molecule has 0 unspecified atom stereocenters. The maximum Gasteiger partial charge on any atom is 0.310 e. The number of hydrogen-bond donors (Lipinski definition) is 23. The summed E-state index contributed by atoms with van der Waals surface area (Å²) in [5, 5.41) is 259. The number of carbonyl (C=O) groups excluding carboxylic acids is 1. The molecule has 41 nitrogen and oxygen atoms in total. The minimum atomic E-state index is -2.32. The first-order chi connectivity index (χ1) is 49.3. The molecule has 30 fully saturated rings. The summed E-state index contributed by atoms with van der Waals surface area (Å²) in [5.41, 5.74) is 2.16.